The van der Waals surface area contributed by atoms with Crippen molar-refractivity contribution in [2.24, 2.45) is 0 Å². The highest BCUT2D eigenvalue weighted by molar-refractivity contribution is 6.07. The number of amides is 2. The van der Waals surface area contributed by atoms with Crippen LogP contribution in [0, 0.1) is 11.6 Å². The number of aromatic nitrogens is 2. The van der Waals surface area contributed by atoms with E-state index in [1.807, 2.05) is 0 Å². The molecule has 44 heavy (non-hydrogen) atoms. The second-order valence-electron chi connectivity index (χ2n) is 10.1. The van der Waals surface area contributed by atoms with Crippen LogP contribution in [0.3, 0.4) is 0 Å². The minimum atomic E-state index is -4.95. The number of alkyl halides is 3. The van der Waals surface area contributed by atoms with Gasteiger partial charge in [-0.1, -0.05) is 18.2 Å². The number of anilines is 3. The van der Waals surface area contributed by atoms with Crippen LogP contribution >= 0.6 is 0 Å². The maximum Gasteiger partial charge on any atom is 0.471 e. The van der Waals surface area contributed by atoms with Gasteiger partial charge in [-0.2, -0.15) is 13.2 Å². The van der Waals surface area contributed by atoms with Crippen LogP contribution in [0.2, 0.25) is 0 Å². The predicted molar refractivity (Wildman–Crippen MR) is 151 cm³/mol. The van der Waals surface area contributed by atoms with Gasteiger partial charge in [0.1, 0.15) is 11.6 Å². The number of fused-ring (bicyclic) bond motifs is 1. The van der Waals surface area contributed by atoms with E-state index in [4.69, 9.17) is 0 Å². The number of nitrogens with zero attached hydrogens (tertiary/aromatic N) is 4. The van der Waals surface area contributed by atoms with Gasteiger partial charge in [-0.25, -0.2) is 18.7 Å². The van der Waals surface area contributed by atoms with Gasteiger partial charge in [-0.15, -0.1) is 0 Å². The smallest absolute Gasteiger partial charge is 0.330 e. The normalized spacial score (nSPS) is 12.8. The number of nitrogens with one attached hydrogen (secondary N) is 1. The molecule has 4 aromatic rings. The minimum absolute atomic E-state index is 0.0294. The average Bonchev–Trinajstić information content (AvgIpc) is 3.00. The van der Waals surface area contributed by atoms with E-state index < -0.39 is 35.2 Å². The van der Waals surface area contributed by atoms with Crippen molar-refractivity contribution < 1.29 is 36.3 Å². The number of rotatable bonds is 7. The van der Waals surface area contributed by atoms with Gasteiger partial charge in [-0.05, 0) is 66.1 Å². The molecule has 1 aliphatic rings. The molecule has 0 unspecified atom stereocenters. The summed E-state index contributed by atoms with van der Waals surface area (Å²) in [5.41, 5.74) is 2.34. The summed E-state index contributed by atoms with van der Waals surface area (Å²) < 4.78 is 66.5. The van der Waals surface area contributed by atoms with E-state index in [0.29, 0.717) is 23.4 Å². The molecule has 1 aromatic heterocycles. The van der Waals surface area contributed by atoms with Crippen molar-refractivity contribution in [3.63, 3.8) is 0 Å². The van der Waals surface area contributed by atoms with Crippen molar-refractivity contribution in [2.45, 2.75) is 25.6 Å². The van der Waals surface area contributed by atoms with Crippen molar-refractivity contribution in [2.75, 3.05) is 23.8 Å². The second-order valence-corrected chi connectivity index (χ2v) is 10.1. The van der Waals surface area contributed by atoms with Crippen molar-refractivity contribution >= 4 is 34.9 Å². The van der Waals surface area contributed by atoms with Crippen LogP contribution in [0.1, 0.15) is 37.5 Å². The van der Waals surface area contributed by atoms with Gasteiger partial charge in [0.15, 0.2) is 5.78 Å². The van der Waals surface area contributed by atoms with Crippen LogP contribution in [-0.2, 0) is 24.2 Å². The highest BCUT2D eigenvalue weighted by Crippen LogP contribution is 2.28. The Labute approximate surface area is 248 Å². The zero-order valence-corrected chi connectivity index (χ0v) is 23.2. The van der Waals surface area contributed by atoms with Crippen LogP contribution in [0.15, 0.2) is 72.9 Å². The Morgan fingerprint density at radius 1 is 0.977 bits per heavy atom. The second kappa shape index (κ2) is 12.2. The first kappa shape index (κ1) is 30.3. The Morgan fingerprint density at radius 2 is 1.77 bits per heavy atom. The minimum Gasteiger partial charge on any atom is -0.330 e. The largest absolute Gasteiger partial charge is 0.471 e. The number of hydrogen-bond acceptors (Lipinski definition) is 6. The summed E-state index contributed by atoms with van der Waals surface area (Å²) in [4.78, 5) is 48.0. The molecular weight excluding hydrogens is 585 g/mol. The fourth-order valence-corrected chi connectivity index (χ4v) is 4.79. The molecule has 0 saturated carbocycles. The lowest BCUT2D eigenvalue weighted by Crippen LogP contribution is -2.43. The number of halogens is 5. The monoisotopic (exact) mass is 609 g/mol. The number of ketones is 1. The lowest BCUT2D eigenvalue weighted by Gasteiger charge is -2.29. The molecule has 3 aromatic carbocycles. The van der Waals surface area contributed by atoms with Crippen LogP contribution in [0.5, 0.6) is 0 Å². The summed E-state index contributed by atoms with van der Waals surface area (Å²) in [7, 11) is 1.38. The van der Waals surface area contributed by atoms with Crippen molar-refractivity contribution in [3.8, 4) is 0 Å². The molecule has 0 radical (unpaired) electrons. The van der Waals surface area contributed by atoms with E-state index in [-0.39, 0.29) is 42.5 Å². The summed E-state index contributed by atoms with van der Waals surface area (Å²) in [6.07, 6.45) is -3.35. The van der Waals surface area contributed by atoms with E-state index in [1.165, 1.54) is 19.3 Å². The maximum atomic E-state index is 14.1. The van der Waals surface area contributed by atoms with Gasteiger partial charge in [0, 0.05) is 43.3 Å². The van der Waals surface area contributed by atoms with Gasteiger partial charge in [0.05, 0.1) is 17.7 Å². The Hall–Kier alpha value is -5.20. The number of carbonyl (C=O) groups excluding carboxylic acids is 3. The van der Waals surface area contributed by atoms with Crippen LogP contribution in [-0.4, -0.2) is 52.2 Å². The van der Waals surface area contributed by atoms with Crippen LogP contribution in [0.25, 0.3) is 0 Å². The first-order valence-electron chi connectivity index (χ1n) is 13.3. The molecule has 0 atom stereocenters. The Balaban J connectivity index is 1.27. The fraction of sp³-hybridized carbons (Fsp3) is 0.194. The van der Waals surface area contributed by atoms with Crippen LogP contribution in [0.4, 0.5) is 39.3 Å². The summed E-state index contributed by atoms with van der Waals surface area (Å²) in [6, 6.07) is 15.3. The van der Waals surface area contributed by atoms with Gasteiger partial charge >= 0.3 is 12.1 Å². The Bertz CT molecular complexity index is 1760. The van der Waals surface area contributed by atoms with E-state index in [9.17, 15) is 36.3 Å². The molecule has 226 valence electrons. The molecule has 8 nitrogen and oxygen atoms in total. The molecule has 0 bridgehead atoms. The molecule has 0 aliphatic carbocycles. The quantitative estimate of drug-likeness (QED) is 0.215. The summed E-state index contributed by atoms with van der Waals surface area (Å²) in [5, 5.41) is 2.98. The summed E-state index contributed by atoms with van der Waals surface area (Å²) in [6.45, 7) is -0.214. The molecular formula is C31H24F5N5O3. The average molecular weight is 610 g/mol. The predicted octanol–water partition coefficient (Wildman–Crippen LogP) is 5.65. The SMILES string of the molecule is CN(C(=O)c1cc(F)ccc1F)c1cccc(C(=O)Cc2ccnc(Nc3ccc4c(c3)CN(C(=O)C(F)(F)F)CC4)n2)c1. The van der Waals surface area contributed by atoms with E-state index in [0.717, 1.165) is 33.6 Å². The molecule has 0 fully saturated rings. The fourth-order valence-electron chi connectivity index (χ4n) is 4.79. The molecule has 1 aliphatic heterocycles. The molecule has 2 amide bonds. The number of Topliss-reactive ketones (excluding diaryl/α,β-unsaturated/α-hetero) is 1. The third kappa shape index (κ3) is 6.72. The van der Waals surface area contributed by atoms with Crippen molar-refractivity contribution in [3.05, 3.63) is 113 Å². The molecule has 1 N–H and O–H groups in total. The van der Waals surface area contributed by atoms with Crippen LogP contribution < -0.4 is 10.2 Å². The molecule has 0 saturated heterocycles. The van der Waals surface area contributed by atoms with Gasteiger partial charge in [0.25, 0.3) is 5.91 Å². The third-order valence-electron chi connectivity index (χ3n) is 7.08. The molecule has 0 spiro atoms. The lowest BCUT2D eigenvalue weighted by molar-refractivity contribution is -0.186. The highest BCUT2D eigenvalue weighted by Gasteiger charge is 2.43. The number of hydrogen-bond donors (Lipinski definition) is 1. The van der Waals surface area contributed by atoms with E-state index >= 15 is 0 Å². The molecule has 13 heteroatoms. The third-order valence-corrected chi connectivity index (χ3v) is 7.08. The van der Waals surface area contributed by atoms with Crippen molar-refractivity contribution in [1.82, 2.24) is 14.9 Å². The maximum absolute atomic E-state index is 14.1. The Morgan fingerprint density at radius 3 is 2.55 bits per heavy atom. The first-order valence-corrected chi connectivity index (χ1v) is 13.3. The van der Waals surface area contributed by atoms with Gasteiger partial charge < -0.3 is 15.1 Å². The summed E-state index contributed by atoms with van der Waals surface area (Å²) in [5.74, 6) is -4.51. The van der Waals surface area contributed by atoms with E-state index in [1.54, 1.807) is 42.5 Å². The highest BCUT2D eigenvalue weighted by atomic mass is 19.4. The van der Waals surface area contributed by atoms with E-state index in [2.05, 4.69) is 15.3 Å². The Kier molecular flexibility index (Phi) is 8.39. The van der Waals surface area contributed by atoms with Gasteiger partial charge in [-0.3, -0.25) is 14.4 Å². The zero-order valence-electron chi connectivity index (χ0n) is 23.2. The first-order chi connectivity index (χ1) is 20.9. The zero-order chi connectivity index (χ0) is 31.6. The summed E-state index contributed by atoms with van der Waals surface area (Å²) >= 11 is 0. The molecule has 2 heterocycles. The number of carbonyl (C=O) groups is 3. The standard InChI is InChI=1S/C31H24F5N5O3/c1-40(28(43)25-15-21(32)6-8-26(25)33)24-4-2-3-19(14-24)27(42)16-23-9-11-37-30(39-23)38-22-7-5-18-10-12-41(17-20(18)13-22)29(44)31(34,35)36/h2-9,11,13-15H,10,12,16-17H2,1H3,(H,37,38,39). The van der Waals surface area contributed by atoms with Crippen molar-refractivity contribution in [1.29, 1.82) is 0 Å². The lowest BCUT2D eigenvalue weighted by atomic mass is 9.99. The van der Waals surface area contributed by atoms with Gasteiger partial charge in [0.2, 0.25) is 5.95 Å². The number of benzene rings is 3. The molecule has 5 rings (SSSR count). The topological polar surface area (TPSA) is 95.5 Å².